The Labute approximate surface area is 162 Å². The molecule has 0 aliphatic carbocycles. The van der Waals surface area contributed by atoms with Gasteiger partial charge in [-0.25, -0.2) is 12.7 Å². The van der Waals surface area contributed by atoms with Crippen LogP contribution in [0.5, 0.6) is 0 Å². The molecule has 1 atom stereocenters. The highest BCUT2D eigenvalue weighted by Gasteiger charge is 2.23. The molecule has 0 unspecified atom stereocenters. The average Bonchev–Trinajstić information content (AvgIpc) is 3.03. The number of carbonyl (C=O) groups excluding carboxylic acids is 1. The van der Waals surface area contributed by atoms with Crippen molar-refractivity contribution < 1.29 is 13.2 Å². The second kappa shape index (κ2) is 8.38. The van der Waals surface area contributed by atoms with Crippen LogP contribution in [0.3, 0.4) is 0 Å². The molecule has 1 aromatic heterocycles. The molecule has 2 aromatic rings. The summed E-state index contributed by atoms with van der Waals surface area (Å²) in [6, 6.07) is 4.35. The molecule has 11 heteroatoms. The zero-order chi connectivity index (χ0) is 19.5. The van der Waals surface area contributed by atoms with Crippen molar-refractivity contribution in [1.29, 1.82) is 0 Å². The third kappa shape index (κ3) is 4.56. The molecular formula is C15H20ClN5O3S2. The molecule has 0 radical (unpaired) electrons. The lowest BCUT2D eigenvalue weighted by Gasteiger charge is -2.15. The molecule has 142 valence electrons. The molecule has 8 nitrogen and oxygen atoms in total. The van der Waals surface area contributed by atoms with Crippen molar-refractivity contribution in [3.8, 4) is 0 Å². The Kier molecular flexibility index (Phi) is 6.67. The quantitative estimate of drug-likeness (QED) is 0.694. The third-order valence-electron chi connectivity index (χ3n) is 3.53. The van der Waals surface area contributed by atoms with E-state index in [1.54, 1.807) is 19.3 Å². The summed E-state index contributed by atoms with van der Waals surface area (Å²) in [6.07, 6.45) is 1.60. The molecule has 0 aliphatic heterocycles. The molecule has 0 aliphatic rings. The predicted octanol–water partition coefficient (Wildman–Crippen LogP) is 2.32. The summed E-state index contributed by atoms with van der Waals surface area (Å²) in [4.78, 5) is 12.4. The topological polar surface area (TPSA) is 97.2 Å². The number of hydrogen-bond donors (Lipinski definition) is 1. The first-order valence-electron chi connectivity index (χ1n) is 7.74. The first kappa shape index (κ1) is 20.7. The number of aromatic nitrogens is 3. The van der Waals surface area contributed by atoms with Gasteiger partial charge in [0.25, 0.3) is 0 Å². The Balaban J connectivity index is 2.16. The molecule has 0 spiro atoms. The lowest BCUT2D eigenvalue weighted by Crippen LogP contribution is -2.24. The maximum atomic E-state index is 12.4. The summed E-state index contributed by atoms with van der Waals surface area (Å²) < 4.78 is 27.5. The summed E-state index contributed by atoms with van der Waals surface area (Å²) >= 11 is 7.28. The fraction of sp³-hybridized carbons (Fsp3) is 0.400. The van der Waals surface area contributed by atoms with Crippen molar-refractivity contribution in [1.82, 2.24) is 19.1 Å². The molecule has 1 amide bonds. The number of benzene rings is 1. The van der Waals surface area contributed by atoms with Crippen LogP contribution < -0.4 is 5.32 Å². The maximum Gasteiger partial charge on any atom is 0.244 e. The molecule has 0 saturated carbocycles. The molecule has 2 rings (SSSR count). The maximum absolute atomic E-state index is 12.4. The zero-order valence-electron chi connectivity index (χ0n) is 14.8. The molecule has 1 heterocycles. The van der Waals surface area contributed by atoms with Gasteiger partial charge in [0.15, 0.2) is 5.16 Å². The van der Waals surface area contributed by atoms with Crippen molar-refractivity contribution in [2.45, 2.75) is 35.7 Å². The Morgan fingerprint density at radius 1 is 1.42 bits per heavy atom. The van der Waals surface area contributed by atoms with Crippen LogP contribution in [0.4, 0.5) is 5.69 Å². The van der Waals surface area contributed by atoms with Crippen LogP contribution in [0.15, 0.2) is 34.6 Å². The van der Waals surface area contributed by atoms with Gasteiger partial charge in [-0.05, 0) is 32.0 Å². The normalized spacial score (nSPS) is 13.0. The highest BCUT2D eigenvalue weighted by Crippen LogP contribution is 2.28. The average molecular weight is 418 g/mol. The summed E-state index contributed by atoms with van der Waals surface area (Å²) in [5.41, 5.74) is 0.351. The van der Waals surface area contributed by atoms with Crippen LogP contribution in [-0.2, 0) is 21.4 Å². The number of nitrogens with one attached hydrogen (secondary N) is 1. The van der Waals surface area contributed by atoms with E-state index in [0.29, 0.717) is 17.4 Å². The van der Waals surface area contributed by atoms with Crippen LogP contribution in [0.25, 0.3) is 0 Å². The van der Waals surface area contributed by atoms with Gasteiger partial charge < -0.3 is 9.88 Å². The minimum atomic E-state index is -3.71. The van der Waals surface area contributed by atoms with Crippen molar-refractivity contribution >= 4 is 45.0 Å². The molecule has 0 saturated heterocycles. The van der Waals surface area contributed by atoms with E-state index in [2.05, 4.69) is 15.5 Å². The number of halogens is 1. The number of carbonyl (C=O) groups is 1. The lowest BCUT2D eigenvalue weighted by atomic mass is 10.3. The number of thioether (sulfide) groups is 1. The first-order valence-corrected chi connectivity index (χ1v) is 10.4. The van der Waals surface area contributed by atoms with E-state index >= 15 is 0 Å². The molecule has 1 aromatic carbocycles. The Bertz CT molecular complexity index is 898. The fourth-order valence-corrected chi connectivity index (χ4v) is 4.27. The molecular weight excluding hydrogens is 398 g/mol. The molecule has 0 bridgehead atoms. The lowest BCUT2D eigenvalue weighted by molar-refractivity contribution is -0.115. The number of aryl methyl sites for hydroxylation is 1. The van der Waals surface area contributed by atoms with Gasteiger partial charge in [-0.3, -0.25) is 4.79 Å². The fourth-order valence-electron chi connectivity index (χ4n) is 1.98. The van der Waals surface area contributed by atoms with E-state index in [1.807, 2.05) is 11.5 Å². The van der Waals surface area contributed by atoms with Gasteiger partial charge in [0.1, 0.15) is 11.2 Å². The summed E-state index contributed by atoms with van der Waals surface area (Å²) in [7, 11) is -0.880. The van der Waals surface area contributed by atoms with Crippen LogP contribution in [0.2, 0.25) is 5.02 Å². The summed E-state index contributed by atoms with van der Waals surface area (Å²) in [5.74, 6) is -0.281. The standard InChI is InChI=1S/C15H20ClN5O3S2/c1-5-21-9-17-19-15(21)25-10(2)14(22)18-11-6-7-12(16)13(8-11)26(23,24)20(3)4/h6-10H,5H2,1-4H3,(H,18,22)/t10-/m1/s1. The number of anilines is 1. The van der Waals surface area contributed by atoms with Crippen LogP contribution in [-0.4, -0.2) is 52.7 Å². The Morgan fingerprint density at radius 3 is 2.73 bits per heavy atom. The summed E-state index contributed by atoms with van der Waals surface area (Å²) in [5, 5.41) is 10.8. The van der Waals surface area contributed by atoms with Gasteiger partial charge >= 0.3 is 0 Å². The number of sulfonamides is 1. The van der Waals surface area contributed by atoms with E-state index in [-0.39, 0.29) is 15.8 Å². The van der Waals surface area contributed by atoms with Crippen molar-refractivity contribution in [2.75, 3.05) is 19.4 Å². The van der Waals surface area contributed by atoms with Gasteiger partial charge in [0.05, 0.1) is 10.3 Å². The van der Waals surface area contributed by atoms with E-state index in [1.165, 1.54) is 38.0 Å². The van der Waals surface area contributed by atoms with E-state index in [0.717, 1.165) is 4.31 Å². The van der Waals surface area contributed by atoms with E-state index < -0.39 is 15.3 Å². The van der Waals surface area contributed by atoms with Crippen molar-refractivity contribution in [2.24, 2.45) is 0 Å². The van der Waals surface area contributed by atoms with Crippen molar-refractivity contribution in [3.05, 3.63) is 29.5 Å². The molecule has 26 heavy (non-hydrogen) atoms. The smallest absolute Gasteiger partial charge is 0.244 e. The highest BCUT2D eigenvalue weighted by atomic mass is 35.5. The zero-order valence-corrected chi connectivity index (χ0v) is 17.2. The molecule has 1 N–H and O–H groups in total. The largest absolute Gasteiger partial charge is 0.325 e. The van der Waals surface area contributed by atoms with Gasteiger partial charge in [0, 0.05) is 26.3 Å². The van der Waals surface area contributed by atoms with E-state index in [9.17, 15) is 13.2 Å². The van der Waals surface area contributed by atoms with Gasteiger partial charge in [-0.15, -0.1) is 10.2 Å². The SMILES string of the molecule is CCn1cnnc1S[C@H](C)C(=O)Nc1ccc(Cl)c(S(=O)(=O)N(C)C)c1. The number of amides is 1. The number of nitrogens with zero attached hydrogens (tertiary/aromatic N) is 4. The van der Waals surface area contributed by atoms with Crippen LogP contribution in [0.1, 0.15) is 13.8 Å². The Hall–Kier alpha value is -1.62. The molecule has 0 fully saturated rings. The second-order valence-corrected chi connectivity index (χ2v) is 9.42. The summed E-state index contributed by atoms with van der Waals surface area (Å²) in [6.45, 7) is 4.40. The Morgan fingerprint density at radius 2 is 2.12 bits per heavy atom. The first-order chi connectivity index (χ1) is 12.2. The minimum Gasteiger partial charge on any atom is -0.325 e. The van der Waals surface area contributed by atoms with Gasteiger partial charge in [-0.1, -0.05) is 23.4 Å². The van der Waals surface area contributed by atoms with Crippen molar-refractivity contribution in [3.63, 3.8) is 0 Å². The van der Waals surface area contributed by atoms with Gasteiger partial charge in [0.2, 0.25) is 15.9 Å². The minimum absolute atomic E-state index is 0.0620. The number of hydrogen-bond acceptors (Lipinski definition) is 6. The van der Waals surface area contributed by atoms with Crippen LogP contribution >= 0.6 is 23.4 Å². The third-order valence-corrected chi connectivity index (χ3v) is 6.92. The predicted molar refractivity (Wildman–Crippen MR) is 102 cm³/mol. The van der Waals surface area contributed by atoms with Crippen LogP contribution in [0, 0.1) is 0 Å². The van der Waals surface area contributed by atoms with Gasteiger partial charge in [-0.2, -0.15) is 0 Å². The highest BCUT2D eigenvalue weighted by molar-refractivity contribution is 8.00. The second-order valence-electron chi connectivity index (χ2n) is 5.58. The van der Waals surface area contributed by atoms with E-state index in [4.69, 9.17) is 11.6 Å². The monoisotopic (exact) mass is 417 g/mol. The number of rotatable bonds is 7.